The number of amides is 2. The molecule has 2 unspecified atom stereocenters. The van der Waals surface area contributed by atoms with Gasteiger partial charge >= 0.3 is 0 Å². The number of fused-ring (bicyclic) bond motifs is 1. The van der Waals surface area contributed by atoms with Gasteiger partial charge in [-0.15, -0.1) is 10.2 Å². The van der Waals surface area contributed by atoms with Gasteiger partial charge < -0.3 is 10.2 Å². The Balaban J connectivity index is 1.37. The maximum Gasteiger partial charge on any atom is 0.244 e. The molecule has 30 heavy (non-hydrogen) atoms. The van der Waals surface area contributed by atoms with Gasteiger partial charge in [0.1, 0.15) is 11.9 Å². The number of likely N-dealkylation sites (tertiary alicyclic amines) is 1. The number of rotatable bonds is 5. The van der Waals surface area contributed by atoms with Crippen molar-refractivity contribution >= 4 is 23.5 Å². The summed E-state index contributed by atoms with van der Waals surface area (Å²) in [5.74, 6) is 0.651. The van der Waals surface area contributed by atoms with E-state index < -0.39 is 6.04 Å². The quantitative estimate of drug-likeness (QED) is 0.664. The molecule has 1 fully saturated rings. The lowest BCUT2D eigenvalue weighted by molar-refractivity contribution is -0.136. The van der Waals surface area contributed by atoms with Gasteiger partial charge in [-0.25, -0.2) is 0 Å². The zero-order valence-corrected chi connectivity index (χ0v) is 16.9. The predicted octanol–water partition coefficient (Wildman–Crippen LogP) is 2.65. The molecule has 2 aromatic heterocycles. The molecule has 4 rings (SSSR count). The Hall–Kier alpha value is -3.48. The molecule has 0 spiro atoms. The second-order valence-corrected chi connectivity index (χ2v) is 7.58. The smallest absolute Gasteiger partial charge is 0.244 e. The van der Waals surface area contributed by atoms with Crippen molar-refractivity contribution in [2.24, 2.45) is 0 Å². The summed E-state index contributed by atoms with van der Waals surface area (Å²) < 4.78 is 1.98. The standard InChI is InChI=1S/C23H25N5O2/c1-17(24-21(29)13-12-18-8-3-2-4-9-18)23(30)27-14-7-10-19(16-27)22-26-25-20-11-5-6-15-28(20)22/h2-6,8-9,11-13,15,17,19H,7,10,14,16H2,1H3,(H,24,29)/b13-12+. The highest BCUT2D eigenvalue weighted by molar-refractivity contribution is 5.95. The molecular weight excluding hydrogens is 378 g/mol. The van der Waals surface area contributed by atoms with Crippen LogP contribution in [0.4, 0.5) is 0 Å². The van der Waals surface area contributed by atoms with Crippen LogP contribution in [-0.2, 0) is 9.59 Å². The molecule has 2 atom stereocenters. The molecule has 1 aliphatic rings. The molecule has 3 aromatic rings. The fourth-order valence-corrected chi connectivity index (χ4v) is 3.86. The molecule has 1 N–H and O–H groups in total. The summed E-state index contributed by atoms with van der Waals surface area (Å²) >= 11 is 0. The second kappa shape index (κ2) is 8.90. The number of pyridine rings is 1. The number of carbonyl (C=O) groups excluding carboxylic acids is 2. The molecule has 7 nitrogen and oxygen atoms in total. The fraction of sp³-hybridized carbons (Fsp3) is 0.304. The second-order valence-electron chi connectivity index (χ2n) is 7.58. The molecule has 0 saturated carbocycles. The van der Waals surface area contributed by atoms with Crippen LogP contribution in [0.25, 0.3) is 11.7 Å². The van der Waals surface area contributed by atoms with Crippen LogP contribution in [-0.4, -0.2) is 50.4 Å². The van der Waals surface area contributed by atoms with Crippen molar-refractivity contribution in [1.82, 2.24) is 24.8 Å². The van der Waals surface area contributed by atoms with E-state index in [9.17, 15) is 9.59 Å². The minimum Gasteiger partial charge on any atom is -0.341 e. The van der Waals surface area contributed by atoms with Crippen molar-refractivity contribution in [2.75, 3.05) is 13.1 Å². The summed E-state index contributed by atoms with van der Waals surface area (Å²) in [7, 11) is 0. The van der Waals surface area contributed by atoms with Gasteiger partial charge in [0.2, 0.25) is 11.8 Å². The van der Waals surface area contributed by atoms with Crippen LogP contribution >= 0.6 is 0 Å². The molecule has 1 saturated heterocycles. The van der Waals surface area contributed by atoms with E-state index in [1.54, 1.807) is 13.0 Å². The van der Waals surface area contributed by atoms with Crippen molar-refractivity contribution < 1.29 is 9.59 Å². The SMILES string of the molecule is CC(NC(=O)/C=C/c1ccccc1)C(=O)N1CCCC(c2nnc3ccccn23)C1. The van der Waals surface area contributed by atoms with E-state index in [2.05, 4.69) is 15.5 Å². The molecule has 1 aromatic carbocycles. The Morgan fingerprint density at radius 3 is 2.77 bits per heavy atom. The molecule has 1 aliphatic heterocycles. The molecule has 0 aliphatic carbocycles. The third kappa shape index (κ3) is 4.40. The van der Waals surface area contributed by atoms with Gasteiger partial charge in [-0.3, -0.25) is 14.0 Å². The largest absolute Gasteiger partial charge is 0.341 e. The van der Waals surface area contributed by atoms with Crippen molar-refractivity contribution in [3.05, 3.63) is 72.2 Å². The zero-order chi connectivity index (χ0) is 20.9. The highest BCUT2D eigenvalue weighted by atomic mass is 16.2. The van der Waals surface area contributed by atoms with Gasteiger partial charge in [0.05, 0.1) is 0 Å². The maximum absolute atomic E-state index is 12.9. The minimum absolute atomic E-state index is 0.0741. The lowest BCUT2D eigenvalue weighted by Gasteiger charge is -2.33. The topological polar surface area (TPSA) is 79.6 Å². The first-order chi connectivity index (χ1) is 14.6. The summed E-state index contributed by atoms with van der Waals surface area (Å²) in [5, 5.41) is 11.4. The van der Waals surface area contributed by atoms with Crippen LogP contribution in [0.3, 0.4) is 0 Å². The Bertz CT molecular complexity index is 1060. The van der Waals surface area contributed by atoms with Crippen LogP contribution < -0.4 is 5.32 Å². The average Bonchev–Trinajstić information content (AvgIpc) is 3.22. The fourth-order valence-electron chi connectivity index (χ4n) is 3.86. The Kier molecular flexibility index (Phi) is 5.88. The Morgan fingerprint density at radius 1 is 1.13 bits per heavy atom. The Morgan fingerprint density at radius 2 is 1.93 bits per heavy atom. The molecule has 3 heterocycles. The molecule has 0 radical (unpaired) electrons. The highest BCUT2D eigenvalue weighted by Crippen LogP contribution is 2.26. The lowest BCUT2D eigenvalue weighted by Crippen LogP contribution is -2.49. The van der Waals surface area contributed by atoms with E-state index in [1.807, 2.05) is 64.0 Å². The van der Waals surface area contributed by atoms with Gasteiger partial charge in [-0.2, -0.15) is 0 Å². The molecule has 7 heteroatoms. The van der Waals surface area contributed by atoms with E-state index in [1.165, 1.54) is 6.08 Å². The molecule has 154 valence electrons. The summed E-state index contributed by atoms with van der Waals surface area (Å²) in [5.41, 5.74) is 1.74. The van der Waals surface area contributed by atoms with Crippen LogP contribution in [0.15, 0.2) is 60.8 Å². The van der Waals surface area contributed by atoms with E-state index >= 15 is 0 Å². The van der Waals surface area contributed by atoms with Gasteiger partial charge in [0, 0.05) is 31.3 Å². The van der Waals surface area contributed by atoms with Crippen molar-refractivity contribution in [3.63, 3.8) is 0 Å². The number of hydrogen-bond acceptors (Lipinski definition) is 4. The van der Waals surface area contributed by atoms with Crippen molar-refractivity contribution in [1.29, 1.82) is 0 Å². The number of nitrogens with zero attached hydrogens (tertiary/aromatic N) is 4. The number of hydrogen-bond donors (Lipinski definition) is 1. The minimum atomic E-state index is -0.591. The Labute approximate surface area is 175 Å². The van der Waals surface area contributed by atoms with Gasteiger partial charge in [-0.05, 0) is 43.5 Å². The third-order valence-corrected chi connectivity index (χ3v) is 5.39. The predicted molar refractivity (Wildman–Crippen MR) is 115 cm³/mol. The third-order valence-electron chi connectivity index (χ3n) is 5.39. The number of carbonyl (C=O) groups is 2. The van der Waals surface area contributed by atoms with Gasteiger partial charge in [-0.1, -0.05) is 36.4 Å². The summed E-state index contributed by atoms with van der Waals surface area (Å²) in [6.07, 6.45) is 7.00. The average molecular weight is 403 g/mol. The summed E-state index contributed by atoms with van der Waals surface area (Å²) in [4.78, 5) is 27.0. The first kappa shape index (κ1) is 19.8. The number of piperidine rings is 1. The summed E-state index contributed by atoms with van der Waals surface area (Å²) in [6.45, 7) is 2.99. The van der Waals surface area contributed by atoms with Crippen LogP contribution in [0.5, 0.6) is 0 Å². The number of aromatic nitrogens is 3. The van der Waals surface area contributed by atoms with E-state index in [0.29, 0.717) is 13.1 Å². The molecule has 0 bridgehead atoms. The van der Waals surface area contributed by atoms with Crippen molar-refractivity contribution in [2.45, 2.75) is 31.7 Å². The number of benzene rings is 1. The first-order valence-electron chi connectivity index (χ1n) is 10.2. The highest BCUT2D eigenvalue weighted by Gasteiger charge is 2.30. The van der Waals surface area contributed by atoms with Gasteiger partial charge in [0.25, 0.3) is 0 Å². The number of nitrogens with one attached hydrogen (secondary N) is 1. The van der Waals surface area contributed by atoms with Crippen molar-refractivity contribution in [3.8, 4) is 0 Å². The maximum atomic E-state index is 12.9. The van der Waals surface area contributed by atoms with Crippen LogP contribution in [0, 0.1) is 0 Å². The monoisotopic (exact) mass is 403 g/mol. The summed E-state index contributed by atoms with van der Waals surface area (Å²) in [6, 6.07) is 14.8. The lowest BCUT2D eigenvalue weighted by atomic mass is 9.96. The normalized spacial score (nSPS) is 17.9. The van der Waals surface area contributed by atoms with Crippen LogP contribution in [0.2, 0.25) is 0 Å². The molecular formula is C23H25N5O2. The van der Waals surface area contributed by atoms with E-state index in [0.717, 1.165) is 29.9 Å². The molecule has 2 amide bonds. The van der Waals surface area contributed by atoms with Crippen LogP contribution in [0.1, 0.15) is 37.1 Å². The van der Waals surface area contributed by atoms with E-state index in [4.69, 9.17) is 0 Å². The first-order valence-corrected chi connectivity index (χ1v) is 10.2. The van der Waals surface area contributed by atoms with Gasteiger partial charge in [0.15, 0.2) is 5.65 Å². The zero-order valence-electron chi connectivity index (χ0n) is 16.9. The van der Waals surface area contributed by atoms with E-state index in [-0.39, 0.29) is 17.7 Å².